The van der Waals surface area contributed by atoms with Crippen molar-refractivity contribution in [3.63, 3.8) is 0 Å². The van der Waals surface area contributed by atoms with Crippen molar-refractivity contribution in [1.29, 1.82) is 0 Å². The molecule has 0 aliphatic carbocycles. The SMILES string of the molecule is C=CCCCC(NN)c1cccc(OCC)c1. The summed E-state index contributed by atoms with van der Waals surface area (Å²) in [6.45, 7) is 6.39. The second kappa shape index (κ2) is 7.87. The maximum Gasteiger partial charge on any atom is 0.119 e. The number of allylic oxidation sites excluding steroid dienone is 1. The number of nitrogens with two attached hydrogens (primary N) is 1. The first-order chi connectivity index (χ1) is 8.31. The lowest BCUT2D eigenvalue weighted by Gasteiger charge is -2.16. The number of rotatable bonds is 8. The van der Waals surface area contributed by atoms with Gasteiger partial charge in [-0.3, -0.25) is 11.3 Å². The van der Waals surface area contributed by atoms with E-state index in [2.05, 4.69) is 18.1 Å². The number of hydrogen-bond acceptors (Lipinski definition) is 3. The van der Waals surface area contributed by atoms with E-state index in [1.165, 1.54) is 5.56 Å². The molecule has 3 heteroatoms. The van der Waals surface area contributed by atoms with E-state index in [0.29, 0.717) is 6.61 Å². The number of hydrogen-bond donors (Lipinski definition) is 2. The van der Waals surface area contributed by atoms with Crippen molar-refractivity contribution < 1.29 is 4.74 Å². The average Bonchev–Trinajstić information content (AvgIpc) is 2.35. The van der Waals surface area contributed by atoms with Crippen molar-refractivity contribution in [2.45, 2.75) is 32.2 Å². The van der Waals surface area contributed by atoms with E-state index in [0.717, 1.165) is 25.0 Å². The van der Waals surface area contributed by atoms with Crippen LogP contribution < -0.4 is 16.0 Å². The first-order valence-corrected chi connectivity index (χ1v) is 6.11. The maximum absolute atomic E-state index is 5.59. The average molecular weight is 234 g/mol. The van der Waals surface area contributed by atoms with Gasteiger partial charge in [0.2, 0.25) is 0 Å². The van der Waals surface area contributed by atoms with Crippen molar-refractivity contribution in [2.75, 3.05) is 6.61 Å². The molecule has 0 aliphatic rings. The van der Waals surface area contributed by atoms with Crippen molar-refractivity contribution >= 4 is 0 Å². The molecule has 17 heavy (non-hydrogen) atoms. The zero-order valence-electron chi connectivity index (χ0n) is 10.5. The quantitative estimate of drug-likeness (QED) is 0.315. The van der Waals surface area contributed by atoms with Crippen LogP contribution in [0.3, 0.4) is 0 Å². The zero-order valence-corrected chi connectivity index (χ0v) is 10.5. The summed E-state index contributed by atoms with van der Waals surface area (Å²) in [5.74, 6) is 6.49. The van der Waals surface area contributed by atoms with Gasteiger partial charge in [0.25, 0.3) is 0 Å². The van der Waals surface area contributed by atoms with Crippen LogP contribution in [-0.2, 0) is 0 Å². The Hall–Kier alpha value is -1.32. The molecule has 1 atom stereocenters. The number of hydrazine groups is 1. The molecule has 1 unspecified atom stereocenters. The van der Waals surface area contributed by atoms with Crippen LogP contribution in [0.15, 0.2) is 36.9 Å². The third-order valence-electron chi connectivity index (χ3n) is 2.67. The van der Waals surface area contributed by atoms with Gasteiger partial charge in [-0.1, -0.05) is 18.2 Å². The van der Waals surface area contributed by atoms with Gasteiger partial charge < -0.3 is 4.74 Å². The van der Waals surface area contributed by atoms with E-state index >= 15 is 0 Å². The van der Waals surface area contributed by atoms with E-state index in [1.54, 1.807) is 0 Å². The number of benzene rings is 1. The molecule has 0 bridgehead atoms. The van der Waals surface area contributed by atoms with E-state index in [-0.39, 0.29) is 6.04 Å². The van der Waals surface area contributed by atoms with Gasteiger partial charge in [0.05, 0.1) is 6.61 Å². The highest BCUT2D eigenvalue weighted by molar-refractivity contribution is 5.30. The van der Waals surface area contributed by atoms with Crippen LogP contribution in [0.4, 0.5) is 0 Å². The third-order valence-corrected chi connectivity index (χ3v) is 2.67. The van der Waals surface area contributed by atoms with E-state index < -0.39 is 0 Å². The fourth-order valence-electron chi connectivity index (χ4n) is 1.80. The summed E-state index contributed by atoms with van der Waals surface area (Å²) in [6.07, 6.45) is 5.03. The first-order valence-electron chi connectivity index (χ1n) is 6.11. The largest absolute Gasteiger partial charge is 0.494 e. The summed E-state index contributed by atoms with van der Waals surface area (Å²) in [6, 6.07) is 8.25. The minimum Gasteiger partial charge on any atom is -0.494 e. The van der Waals surface area contributed by atoms with Crippen molar-refractivity contribution in [3.8, 4) is 5.75 Å². The molecule has 0 spiro atoms. The van der Waals surface area contributed by atoms with Crippen LogP contribution in [0.1, 0.15) is 37.8 Å². The molecule has 3 nitrogen and oxygen atoms in total. The lowest BCUT2D eigenvalue weighted by molar-refractivity contribution is 0.339. The summed E-state index contributed by atoms with van der Waals surface area (Å²) in [4.78, 5) is 0. The number of nitrogens with one attached hydrogen (secondary N) is 1. The zero-order chi connectivity index (χ0) is 12.5. The lowest BCUT2D eigenvalue weighted by atomic mass is 10.0. The van der Waals surface area contributed by atoms with Gasteiger partial charge >= 0.3 is 0 Å². The van der Waals surface area contributed by atoms with Crippen LogP contribution in [-0.4, -0.2) is 6.61 Å². The second-order valence-electron chi connectivity index (χ2n) is 3.94. The molecule has 0 saturated carbocycles. The summed E-state index contributed by atoms with van der Waals surface area (Å²) in [7, 11) is 0. The standard InChI is InChI=1S/C14H22N2O/c1-3-5-6-10-14(16-15)12-8-7-9-13(11-12)17-4-2/h3,7-9,11,14,16H,1,4-6,10,15H2,2H3. The molecule has 0 aromatic heterocycles. The minimum absolute atomic E-state index is 0.176. The predicted octanol–water partition coefficient (Wildman–Crippen LogP) is 2.95. The Bertz CT molecular complexity index is 339. The number of unbranched alkanes of at least 4 members (excludes halogenated alkanes) is 1. The highest BCUT2D eigenvalue weighted by Gasteiger charge is 2.09. The maximum atomic E-state index is 5.59. The van der Waals surface area contributed by atoms with Gasteiger partial charge in [-0.25, -0.2) is 0 Å². The predicted molar refractivity (Wildman–Crippen MR) is 71.7 cm³/mol. The summed E-state index contributed by atoms with van der Waals surface area (Å²) in [5, 5.41) is 0. The fraction of sp³-hybridized carbons (Fsp3) is 0.429. The molecule has 1 aromatic rings. The Kier molecular flexibility index (Phi) is 6.37. The Morgan fingerprint density at radius 2 is 2.35 bits per heavy atom. The highest BCUT2D eigenvalue weighted by Crippen LogP contribution is 2.22. The van der Waals surface area contributed by atoms with E-state index in [9.17, 15) is 0 Å². The van der Waals surface area contributed by atoms with Crippen LogP contribution in [0.5, 0.6) is 5.75 Å². The molecule has 0 radical (unpaired) electrons. The molecule has 1 aromatic carbocycles. The number of ether oxygens (including phenoxy) is 1. The Morgan fingerprint density at radius 1 is 1.53 bits per heavy atom. The first kappa shape index (κ1) is 13.7. The van der Waals surface area contributed by atoms with Gasteiger partial charge in [-0.15, -0.1) is 6.58 Å². The molecule has 94 valence electrons. The van der Waals surface area contributed by atoms with Crippen molar-refractivity contribution in [3.05, 3.63) is 42.5 Å². The monoisotopic (exact) mass is 234 g/mol. The smallest absolute Gasteiger partial charge is 0.119 e. The Balaban J connectivity index is 2.66. The summed E-state index contributed by atoms with van der Waals surface area (Å²) < 4.78 is 5.48. The normalized spacial score (nSPS) is 12.1. The topological polar surface area (TPSA) is 47.3 Å². The van der Waals surface area contributed by atoms with Gasteiger partial charge in [-0.05, 0) is 43.9 Å². The van der Waals surface area contributed by atoms with Crippen LogP contribution in [0.25, 0.3) is 0 Å². The Labute approximate surface area is 104 Å². The summed E-state index contributed by atoms with van der Waals surface area (Å²) in [5.41, 5.74) is 4.03. The molecule has 3 N–H and O–H groups in total. The molecule has 0 fully saturated rings. The molecule has 0 amide bonds. The third kappa shape index (κ3) is 4.59. The van der Waals surface area contributed by atoms with Gasteiger partial charge in [0, 0.05) is 6.04 Å². The molecule has 0 saturated heterocycles. The van der Waals surface area contributed by atoms with Gasteiger partial charge in [0.15, 0.2) is 0 Å². The van der Waals surface area contributed by atoms with Crippen LogP contribution in [0, 0.1) is 0 Å². The molecule has 0 heterocycles. The van der Waals surface area contributed by atoms with Crippen LogP contribution >= 0.6 is 0 Å². The van der Waals surface area contributed by atoms with Gasteiger partial charge in [-0.2, -0.15) is 0 Å². The van der Waals surface area contributed by atoms with E-state index in [4.69, 9.17) is 10.6 Å². The van der Waals surface area contributed by atoms with E-state index in [1.807, 2.05) is 31.2 Å². The molecule has 1 rings (SSSR count). The Morgan fingerprint density at radius 3 is 3.00 bits per heavy atom. The minimum atomic E-state index is 0.176. The molecule has 0 aliphatic heterocycles. The fourth-order valence-corrected chi connectivity index (χ4v) is 1.80. The van der Waals surface area contributed by atoms with Gasteiger partial charge in [0.1, 0.15) is 5.75 Å². The van der Waals surface area contributed by atoms with Crippen LogP contribution in [0.2, 0.25) is 0 Å². The summed E-state index contributed by atoms with van der Waals surface area (Å²) >= 11 is 0. The second-order valence-corrected chi connectivity index (χ2v) is 3.94. The lowest BCUT2D eigenvalue weighted by Crippen LogP contribution is -2.27. The van der Waals surface area contributed by atoms with Crippen molar-refractivity contribution in [2.24, 2.45) is 5.84 Å². The van der Waals surface area contributed by atoms with Crippen molar-refractivity contribution in [1.82, 2.24) is 5.43 Å². The highest BCUT2D eigenvalue weighted by atomic mass is 16.5. The molecular formula is C14H22N2O. The molecular weight excluding hydrogens is 212 g/mol.